The maximum Gasteiger partial charge on any atom is 0.243 e. The number of nitrogens with one attached hydrogen (secondary N) is 1. The van der Waals surface area contributed by atoms with E-state index < -0.39 is 30.6 Å². The first-order chi connectivity index (χ1) is 8.53. The second kappa shape index (κ2) is 5.43. The van der Waals surface area contributed by atoms with Gasteiger partial charge in [0.15, 0.2) is 0 Å². The Labute approximate surface area is 111 Å². The van der Waals surface area contributed by atoms with Crippen LogP contribution in [0.25, 0.3) is 0 Å². The average Bonchev–Trinajstić information content (AvgIpc) is 2.20. The van der Waals surface area contributed by atoms with Crippen LogP contribution in [0.5, 0.6) is 0 Å². The molecule has 1 aromatic carbocycles. The van der Waals surface area contributed by atoms with Gasteiger partial charge in [-0.3, -0.25) is 0 Å². The molecule has 108 valence electrons. The lowest BCUT2D eigenvalue weighted by molar-refractivity contribution is 0.554. The number of halogens is 1. The van der Waals surface area contributed by atoms with Gasteiger partial charge < -0.3 is 5.73 Å². The fourth-order valence-electron chi connectivity index (χ4n) is 1.40. The molecule has 0 aliphatic heterocycles. The van der Waals surface area contributed by atoms with Crippen molar-refractivity contribution in [2.24, 2.45) is 0 Å². The van der Waals surface area contributed by atoms with Crippen LogP contribution in [-0.2, 0) is 19.9 Å². The quantitative estimate of drug-likeness (QED) is 0.747. The van der Waals surface area contributed by atoms with E-state index in [0.717, 1.165) is 12.3 Å². The monoisotopic (exact) mass is 310 g/mol. The van der Waals surface area contributed by atoms with Crippen LogP contribution in [0.3, 0.4) is 0 Å². The Bertz CT molecular complexity index is 684. The second-order valence-electron chi connectivity index (χ2n) is 4.18. The molecule has 0 saturated heterocycles. The Kier molecular flexibility index (Phi) is 4.54. The number of sulfonamides is 1. The molecule has 19 heavy (non-hydrogen) atoms. The number of sulfone groups is 1. The summed E-state index contributed by atoms with van der Waals surface area (Å²) in [7, 11) is -7.43. The van der Waals surface area contributed by atoms with Crippen LogP contribution in [0.15, 0.2) is 17.0 Å². The summed E-state index contributed by atoms with van der Waals surface area (Å²) >= 11 is 0. The number of nitrogen functional groups attached to an aromatic ring is 1. The minimum absolute atomic E-state index is 0.100. The number of nitrogens with two attached hydrogens (primary N) is 1. The standard InChI is InChI=1S/C10H15FN2O4S2/c1-7-5-8(12)6-9(10(7)11)19(16,17)13-3-4-18(2,14)15/h5-6,13H,3-4,12H2,1-2H3. The third-order valence-electron chi connectivity index (χ3n) is 2.30. The zero-order chi connectivity index (χ0) is 14.8. The maximum atomic E-state index is 13.7. The third-order valence-corrected chi connectivity index (χ3v) is 4.70. The molecule has 0 bridgehead atoms. The Morgan fingerprint density at radius 3 is 2.37 bits per heavy atom. The normalized spacial score (nSPS) is 12.6. The van der Waals surface area contributed by atoms with Gasteiger partial charge in [0, 0.05) is 18.5 Å². The fraction of sp³-hybridized carbons (Fsp3) is 0.400. The lowest BCUT2D eigenvalue weighted by Crippen LogP contribution is -2.29. The topological polar surface area (TPSA) is 106 Å². The molecule has 0 fully saturated rings. The van der Waals surface area contributed by atoms with Crippen molar-refractivity contribution in [3.63, 3.8) is 0 Å². The summed E-state index contributed by atoms with van der Waals surface area (Å²) in [5.41, 5.74) is 5.68. The summed E-state index contributed by atoms with van der Waals surface area (Å²) in [6.07, 6.45) is 0.979. The molecule has 6 nitrogen and oxygen atoms in total. The zero-order valence-electron chi connectivity index (χ0n) is 10.5. The number of rotatable bonds is 5. The van der Waals surface area contributed by atoms with Crippen LogP contribution < -0.4 is 10.5 Å². The van der Waals surface area contributed by atoms with E-state index in [4.69, 9.17) is 5.73 Å². The van der Waals surface area contributed by atoms with Gasteiger partial charge in [-0.05, 0) is 24.6 Å². The smallest absolute Gasteiger partial charge is 0.243 e. The predicted molar refractivity (Wildman–Crippen MR) is 70.4 cm³/mol. The molecule has 0 heterocycles. The van der Waals surface area contributed by atoms with Crippen molar-refractivity contribution >= 4 is 25.5 Å². The van der Waals surface area contributed by atoms with Crippen LogP contribution in [0.4, 0.5) is 10.1 Å². The lowest BCUT2D eigenvalue weighted by atomic mass is 10.2. The van der Waals surface area contributed by atoms with Gasteiger partial charge in [-0.25, -0.2) is 25.9 Å². The van der Waals surface area contributed by atoms with E-state index in [1.807, 2.05) is 4.72 Å². The largest absolute Gasteiger partial charge is 0.399 e. The Morgan fingerprint density at radius 1 is 1.26 bits per heavy atom. The number of hydrogen-bond donors (Lipinski definition) is 2. The van der Waals surface area contributed by atoms with E-state index in [0.29, 0.717) is 0 Å². The van der Waals surface area contributed by atoms with E-state index in [-0.39, 0.29) is 23.5 Å². The minimum Gasteiger partial charge on any atom is -0.399 e. The summed E-state index contributed by atoms with van der Waals surface area (Å²) in [5, 5.41) is 0. The van der Waals surface area contributed by atoms with Crippen LogP contribution in [0, 0.1) is 12.7 Å². The van der Waals surface area contributed by atoms with Crippen LogP contribution in [0.1, 0.15) is 5.56 Å². The van der Waals surface area contributed by atoms with E-state index in [1.165, 1.54) is 13.0 Å². The van der Waals surface area contributed by atoms with Crippen LogP contribution in [0.2, 0.25) is 0 Å². The molecule has 0 aromatic heterocycles. The van der Waals surface area contributed by atoms with E-state index in [9.17, 15) is 21.2 Å². The van der Waals surface area contributed by atoms with Gasteiger partial charge in [-0.1, -0.05) is 0 Å². The fourth-order valence-corrected chi connectivity index (χ4v) is 3.22. The molecule has 0 saturated carbocycles. The second-order valence-corrected chi connectivity index (χ2v) is 8.17. The van der Waals surface area contributed by atoms with Gasteiger partial charge in [0.25, 0.3) is 0 Å². The molecule has 1 rings (SSSR count). The molecule has 0 aliphatic rings. The summed E-state index contributed by atoms with van der Waals surface area (Å²) in [6.45, 7) is 1.07. The van der Waals surface area contributed by atoms with Crippen molar-refractivity contribution < 1.29 is 21.2 Å². The van der Waals surface area contributed by atoms with Crippen molar-refractivity contribution in [1.29, 1.82) is 0 Å². The lowest BCUT2D eigenvalue weighted by Gasteiger charge is -2.09. The van der Waals surface area contributed by atoms with Crippen molar-refractivity contribution in [1.82, 2.24) is 4.72 Å². The first-order valence-corrected chi connectivity index (χ1v) is 8.80. The SMILES string of the molecule is Cc1cc(N)cc(S(=O)(=O)NCCS(C)(=O)=O)c1F. The Hall–Kier alpha value is -1.19. The van der Waals surface area contributed by atoms with Gasteiger partial charge >= 0.3 is 0 Å². The maximum absolute atomic E-state index is 13.7. The molecule has 0 radical (unpaired) electrons. The molecule has 0 spiro atoms. The van der Waals surface area contributed by atoms with Gasteiger partial charge in [-0.15, -0.1) is 0 Å². The number of hydrogen-bond acceptors (Lipinski definition) is 5. The molecule has 0 aliphatic carbocycles. The summed E-state index contributed by atoms with van der Waals surface area (Å²) < 4.78 is 61.3. The molecular formula is C10H15FN2O4S2. The average molecular weight is 310 g/mol. The molecule has 1 aromatic rings. The predicted octanol–water partition coefficient (Wildman–Crippen LogP) is 0.0392. The highest BCUT2D eigenvalue weighted by molar-refractivity contribution is 7.91. The van der Waals surface area contributed by atoms with E-state index >= 15 is 0 Å². The summed E-state index contributed by atoms with van der Waals surface area (Å²) in [5.74, 6) is -1.27. The van der Waals surface area contributed by atoms with Crippen molar-refractivity contribution in [3.8, 4) is 0 Å². The number of anilines is 1. The first-order valence-electron chi connectivity index (χ1n) is 5.26. The number of benzene rings is 1. The molecule has 0 amide bonds. The molecule has 0 atom stereocenters. The first kappa shape index (κ1) is 15.9. The van der Waals surface area contributed by atoms with Crippen molar-refractivity contribution in [3.05, 3.63) is 23.5 Å². The summed E-state index contributed by atoms with van der Waals surface area (Å²) in [6, 6.07) is 2.30. The van der Waals surface area contributed by atoms with Gasteiger partial charge in [0.1, 0.15) is 20.5 Å². The zero-order valence-corrected chi connectivity index (χ0v) is 12.1. The van der Waals surface area contributed by atoms with Gasteiger partial charge in [-0.2, -0.15) is 0 Å². The Balaban J connectivity index is 3.02. The molecule has 9 heteroatoms. The van der Waals surface area contributed by atoms with Crippen molar-refractivity contribution in [2.75, 3.05) is 24.3 Å². The molecular weight excluding hydrogens is 295 g/mol. The van der Waals surface area contributed by atoms with Gasteiger partial charge in [0.05, 0.1) is 5.75 Å². The highest BCUT2D eigenvalue weighted by Crippen LogP contribution is 2.21. The van der Waals surface area contributed by atoms with Crippen molar-refractivity contribution in [2.45, 2.75) is 11.8 Å². The minimum atomic E-state index is -4.13. The molecule has 3 N–H and O–H groups in total. The van der Waals surface area contributed by atoms with Gasteiger partial charge in [0.2, 0.25) is 10.0 Å². The number of aryl methyl sites for hydroxylation is 1. The highest BCUT2D eigenvalue weighted by atomic mass is 32.2. The van der Waals surface area contributed by atoms with Crippen LogP contribution >= 0.6 is 0 Å². The highest BCUT2D eigenvalue weighted by Gasteiger charge is 2.21. The van der Waals surface area contributed by atoms with Crippen LogP contribution in [-0.4, -0.2) is 35.4 Å². The molecule has 0 unspecified atom stereocenters. The van der Waals surface area contributed by atoms with E-state index in [2.05, 4.69) is 0 Å². The summed E-state index contributed by atoms with van der Waals surface area (Å²) in [4.78, 5) is -0.585. The Morgan fingerprint density at radius 2 is 1.84 bits per heavy atom. The third kappa shape index (κ3) is 4.44. The van der Waals surface area contributed by atoms with E-state index in [1.54, 1.807) is 0 Å².